The van der Waals surface area contributed by atoms with E-state index in [0.29, 0.717) is 5.75 Å². The van der Waals surface area contributed by atoms with Crippen LogP contribution in [0.1, 0.15) is 0 Å². The van der Waals surface area contributed by atoms with Gasteiger partial charge < -0.3 is 14.2 Å². The molecule has 2 rings (SSSR count). The van der Waals surface area contributed by atoms with Crippen LogP contribution >= 0.6 is 0 Å². The number of benzene rings is 2. The molecule has 24 heavy (non-hydrogen) atoms. The van der Waals surface area contributed by atoms with E-state index in [1.165, 1.54) is 38.5 Å². The van der Waals surface area contributed by atoms with E-state index < -0.39 is 15.8 Å². The maximum absolute atomic E-state index is 13.4. The Balaban J connectivity index is 2.02. The van der Waals surface area contributed by atoms with E-state index in [9.17, 15) is 12.8 Å². The van der Waals surface area contributed by atoms with Crippen LogP contribution in [0.2, 0.25) is 0 Å². The molecule has 0 aliphatic carbocycles. The second kappa shape index (κ2) is 7.98. The lowest BCUT2D eigenvalue weighted by molar-refractivity contribution is 0.306. The average Bonchev–Trinajstić information content (AvgIpc) is 2.59. The molecule has 0 bridgehead atoms. The first-order valence-corrected chi connectivity index (χ1v) is 8.55. The van der Waals surface area contributed by atoms with Crippen molar-refractivity contribution in [1.29, 1.82) is 0 Å². The molecule has 0 spiro atoms. The highest BCUT2D eigenvalue weighted by atomic mass is 32.2. The first-order valence-electron chi connectivity index (χ1n) is 7.07. The van der Waals surface area contributed by atoms with Gasteiger partial charge in [-0.3, -0.25) is 0 Å². The van der Waals surface area contributed by atoms with E-state index in [4.69, 9.17) is 14.2 Å². The summed E-state index contributed by atoms with van der Waals surface area (Å²) in [5.41, 5.74) is 0. The van der Waals surface area contributed by atoms with Gasteiger partial charge in [0.25, 0.3) is 0 Å². The zero-order valence-electron chi connectivity index (χ0n) is 13.3. The Bertz CT molecular complexity index is 795. The Labute approximate surface area is 140 Å². The molecule has 0 aliphatic heterocycles. The number of halogens is 1. The summed E-state index contributed by atoms with van der Waals surface area (Å²) in [6, 6.07) is 10.4. The highest BCUT2D eigenvalue weighted by Crippen LogP contribution is 2.27. The Morgan fingerprint density at radius 2 is 1.79 bits per heavy atom. The predicted molar refractivity (Wildman–Crippen MR) is 86.6 cm³/mol. The number of sulfonamides is 1. The molecule has 1 N–H and O–H groups in total. The van der Waals surface area contributed by atoms with Crippen LogP contribution in [0, 0.1) is 5.82 Å². The summed E-state index contributed by atoms with van der Waals surface area (Å²) in [4.78, 5) is -0.0461. The third kappa shape index (κ3) is 4.36. The summed E-state index contributed by atoms with van der Waals surface area (Å²) < 4.78 is 55.9. The largest absolute Gasteiger partial charge is 0.497 e. The zero-order chi connectivity index (χ0) is 17.6. The molecule has 0 radical (unpaired) electrons. The lowest BCUT2D eigenvalue weighted by Crippen LogP contribution is -2.28. The highest BCUT2D eigenvalue weighted by molar-refractivity contribution is 7.89. The number of ether oxygens (including phenoxy) is 3. The van der Waals surface area contributed by atoms with Crippen molar-refractivity contribution >= 4 is 10.0 Å². The fraction of sp³-hybridized carbons (Fsp3) is 0.250. The quantitative estimate of drug-likeness (QED) is 0.735. The van der Waals surface area contributed by atoms with Crippen molar-refractivity contribution < 1.29 is 27.0 Å². The molecule has 0 atom stereocenters. The lowest BCUT2D eigenvalue weighted by Gasteiger charge is -2.12. The van der Waals surface area contributed by atoms with Gasteiger partial charge in [0.2, 0.25) is 10.0 Å². The van der Waals surface area contributed by atoms with Gasteiger partial charge in [0.15, 0.2) is 11.6 Å². The summed E-state index contributed by atoms with van der Waals surface area (Å²) in [5.74, 6) is 0.141. The normalized spacial score (nSPS) is 11.1. The van der Waals surface area contributed by atoms with Gasteiger partial charge in [-0.2, -0.15) is 0 Å². The number of rotatable bonds is 8. The lowest BCUT2D eigenvalue weighted by atomic mass is 10.3. The number of nitrogens with one attached hydrogen (secondary N) is 1. The van der Waals surface area contributed by atoms with Crippen LogP contribution in [0.3, 0.4) is 0 Å². The molecule has 0 saturated carbocycles. The topological polar surface area (TPSA) is 73.9 Å². The van der Waals surface area contributed by atoms with Crippen LogP contribution in [0.4, 0.5) is 4.39 Å². The van der Waals surface area contributed by atoms with Crippen LogP contribution in [0.5, 0.6) is 17.2 Å². The van der Waals surface area contributed by atoms with Gasteiger partial charge in [-0.1, -0.05) is 12.1 Å². The molecular weight excluding hydrogens is 337 g/mol. The van der Waals surface area contributed by atoms with Crippen molar-refractivity contribution in [3.05, 3.63) is 48.3 Å². The van der Waals surface area contributed by atoms with E-state index in [1.807, 2.05) is 0 Å². The van der Waals surface area contributed by atoms with Crippen molar-refractivity contribution in [2.45, 2.75) is 4.90 Å². The van der Waals surface area contributed by atoms with Crippen LogP contribution < -0.4 is 18.9 Å². The van der Waals surface area contributed by atoms with Gasteiger partial charge in [-0.25, -0.2) is 17.5 Å². The third-order valence-electron chi connectivity index (χ3n) is 3.15. The van der Waals surface area contributed by atoms with Gasteiger partial charge in [0.1, 0.15) is 23.0 Å². The second-order valence-corrected chi connectivity index (χ2v) is 6.43. The van der Waals surface area contributed by atoms with Crippen molar-refractivity contribution in [3.63, 3.8) is 0 Å². The molecule has 2 aromatic rings. The Kier molecular flexibility index (Phi) is 5.99. The van der Waals surface area contributed by atoms with Gasteiger partial charge >= 0.3 is 0 Å². The van der Waals surface area contributed by atoms with E-state index in [-0.39, 0.29) is 29.5 Å². The van der Waals surface area contributed by atoms with E-state index in [0.717, 1.165) is 0 Å². The van der Waals surface area contributed by atoms with E-state index in [2.05, 4.69) is 4.72 Å². The van der Waals surface area contributed by atoms with Crippen LogP contribution in [-0.2, 0) is 10.0 Å². The third-order valence-corrected chi connectivity index (χ3v) is 4.63. The van der Waals surface area contributed by atoms with Crippen molar-refractivity contribution in [1.82, 2.24) is 4.72 Å². The molecule has 130 valence electrons. The SMILES string of the molecule is COc1ccc(OC)c(S(=O)(=O)NCCOc2ccccc2F)c1. The monoisotopic (exact) mass is 355 g/mol. The molecular formula is C16H18FNO5S. The molecule has 0 fully saturated rings. The summed E-state index contributed by atoms with van der Waals surface area (Å²) in [6.07, 6.45) is 0. The minimum absolute atomic E-state index is 0.0214. The molecule has 6 nitrogen and oxygen atoms in total. The van der Waals surface area contributed by atoms with Gasteiger partial charge in [-0.15, -0.1) is 0 Å². The highest BCUT2D eigenvalue weighted by Gasteiger charge is 2.20. The summed E-state index contributed by atoms with van der Waals surface area (Å²) in [5, 5.41) is 0. The fourth-order valence-corrected chi connectivity index (χ4v) is 3.17. The molecule has 0 unspecified atom stereocenters. The number of hydrogen-bond donors (Lipinski definition) is 1. The fourth-order valence-electron chi connectivity index (χ4n) is 1.97. The molecule has 0 aliphatic rings. The number of para-hydroxylation sites is 1. The Morgan fingerprint density at radius 3 is 2.46 bits per heavy atom. The minimum Gasteiger partial charge on any atom is -0.497 e. The summed E-state index contributed by atoms with van der Waals surface area (Å²) >= 11 is 0. The smallest absolute Gasteiger partial charge is 0.244 e. The maximum atomic E-state index is 13.4. The van der Waals surface area contributed by atoms with Crippen molar-refractivity contribution in [2.24, 2.45) is 0 Å². The summed E-state index contributed by atoms with van der Waals surface area (Å²) in [6.45, 7) is -0.0521. The molecule has 2 aromatic carbocycles. The number of methoxy groups -OCH3 is 2. The number of hydrogen-bond acceptors (Lipinski definition) is 5. The Hall–Kier alpha value is -2.32. The Morgan fingerprint density at radius 1 is 1.04 bits per heavy atom. The van der Waals surface area contributed by atoms with Crippen LogP contribution in [0.25, 0.3) is 0 Å². The van der Waals surface area contributed by atoms with Gasteiger partial charge in [0, 0.05) is 12.6 Å². The maximum Gasteiger partial charge on any atom is 0.244 e. The zero-order valence-corrected chi connectivity index (χ0v) is 14.1. The second-order valence-electron chi connectivity index (χ2n) is 4.69. The molecule has 0 aromatic heterocycles. The average molecular weight is 355 g/mol. The van der Waals surface area contributed by atoms with Gasteiger partial charge in [-0.05, 0) is 24.3 Å². The van der Waals surface area contributed by atoms with Crippen molar-refractivity contribution in [3.8, 4) is 17.2 Å². The molecule has 0 heterocycles. The first kappa shape index (κ1) is 18.0. The molecule has 8 heteroatoms. The van der Waals surface area contributed by atoms with Crippen LogP contribution in [0.15, 0.2) is 47.4 Å². The van der Waals surface area contributed by atoms with Gasteiger partial charge in [0.05, 0.1) is 14.2 Å². The molecule has 0 saturated heterocycles. The molecule has 0 amide bonds. The van der Waals surface area contributed by atoms with Crippen molar-refractivity contribution in [2.75, 3.05) is 27.4 Å². The minimum atomic E-state index is -3.83. The predicted octanol–water partition coefficient (Wildman–Crippen LogP) is 2.20. The summed E-state index contributed by atoms with van der Waals surface area (Å²) in [7, 11) is -1.01. The van der Waals surface area contributed by atoms with E-state index in [1.54, 1.807) is 18.2 Å². The van der Waals surface area contributed by atoms with E-state index >= 15 is 0 Å². The first-order chi connectivity index (χ1) is 11.5. The van der Waals surface area contributed by atoms with Crippen LogP contribution in [-0.4, -0.2) is 35.8 Å². The standard InChI is InChI=1S/C16H18FNO5S/c1-21-12-7-8-15(22-2)16(11-12)24(19,20)18-9-10-23-14-6-4-3-5-13(14)17/h3-8,11,18H,9-10H2,1-2H3.